The standard InChI is InChI=1S/C11H13ClN2O4/c1-11(2,6-15)13-10(16)7-3-8(12)5-9(4-7)14(17)18/h3-5,15H,6H2,1-2H3,(H,13,16). The first-order valence-corrected chi connectivity index (χ1v) is 5.51. The maximum absolute atomic E-state index is 11.8. The van der Waals surface area contributed by atoms with E-state index in [0.29, 0.717) is 0 Å². The molecule has 7 heteroatoms. The molecule has 0 radical (unpaired) electrons. The second-order valence-corrected chi connectivity index (χ2v) is 4.89. The number of nitrogens with one attached hydrogen (secondary N) is 1. The Bertz CT molecular complexity index is 488. The lowest BCUT2D eigenvalue weighted by molar-refractivity contribution is -0.384. The zero-order chi connectivity index (χ0) is 13.9. The van der Waals surface area contributed by atoms with E-state index in [2.05, 4.69) is 5.32 Å². The Morgan fingerprint density at radius 1 is 1.50 bits per heavy atom. The topological polar surface area (TPSA) is 92.5 Å². The largest absolute Gasteiger partial charge is 0.394 e. The summed E-state index contributed by atoms with van der Waals surface area (Å²) in [5, 5.41) is 22.3. The van der Waals surface area contributed by atoms with E-state index in [-0.39, 0.29) is 22.9 Å². The Kier molecular flexibility index (Phi) is 4.26. The molecule has 0 spiro atoms. The highest BCUT2D eigenvalue weighted by Crippen LogP contribution is 2.21. The third-order valence-electron chi connectivity index (χ3n) is 2.20. The van der Waals surface area contributed by atoms with Crippen LogP contribution in [0.4, 0.5) is 5.69 Å². The molecule has 2 N–H and O–H groups in total. The first-order chi connectivity index (χ1) is 8.25. The van der Waals surface area contributed by atoms with Gasteiger partial charge in [-0.2, -0.15) is 0 Å². The molecule has 0 unspecified atom stereocenters. The molecule has 0 atom stereocenters. The van der Waals surface area contributed by atoms with Crippen LogP contribution >= 0.6 is 11.6 Å². The minimum atomic E-state index is -0.811. The van der Waals surface area contributed by atoms with Crippen LogP contribution in [-0.2, 0) is 0 Å². The van der Waals surface area contributed by atoms with Gasteiger partial charge in [0, 0.05) is 22.7 Å². The van der Waals surface area contributed by atoms with E-state index in [1.807, 2.05) is 0 Å². The highest BCUT2D eigenvalue weighted by Gasteiger charge is 2.21. The SMILES string of the molecule is CC(C)(CO)NC(=O)c1cc(Cl)cc([N+](=O)[O-])c1. The van der Waals surface area contributed by atoms with Crippen LogP contribution in [0.2, 0.25) is 5.02 Å². The molecule has 6 nitrogen and oxygen atoms in total. The number of hydrogen-bond donors (Lipinski definition) is 2. The quantitative estimate of drug-likeness (QED) is 0.645. The summed E-state index contributed by atoms with van der Waals surface area (Å²) in [6.45, 7) is 3.01. The number of carbonyl (C=O) groups is 1. The zero-order valence-electron chi connectivity index (χ0n) is 9.94. The number of nitro groups is 1. The van der Waals surface area contributed by atoms with Gasteiger partial charge in [-0.05, 0) is 19.9 Å². The van der Waals surface area contributed by atoms with Crippen molar-refractivity contribution in [3.05, 3.63) is 38.9 Å². The number of nitrogens with zero attached hydrogens (tertiary/aromatic N) is 1. The average molecular weight is 273 g/mol. The normalized spacial score (nSPS) is 11.1. The summed E-state index contributed by atoms with van der Waals surface area (Å²) in [6, 6.07) is 3.63. The minimum absolute atomic E-state index is 0.0794. The molecule has 0 aliphatic rings. The second-order valence-electron chi connectivity index (χ2n) is 4.45. The van der Waals surface area contributed by atoms with Gasteiger partial charge in [0.2, 0.25) is 0 Å². The van der Waals surface area contributed by atoms with E-state index in [9.17, 15) is 14.9 Å². The molecule has 0 aromatic heterocycles. The first kappa shape index (κ1) is 14.4. The summed E-state index contributed by atoms with van der Waals surface area (Å²) < 4.78 is 0. The van der Waals surface area contributed by atoms with Gasteiger partial charge >= 0.3 is 0 Å². The van der Waals surface area contributed by atoms with Crippen molar-refractivity contribution in [2.45, 2.75) is 19.4 Å². The molecule has 0 bridgehead atoms. The third kappa shape index (κ3) is 3.68. The lowest BCUT2D eigenvalue weighted by atomic mass is 10.1. The molecule has 0 aliphatic heterocycles. The molecule has 1 amide bonds. The molecule has 0 saturated carbocycles. The van der Waals surface area contributed by atoms with Crippen molar-refractivity contribution in [2.24, 2.45) is 0 Å². The van der Waals surface area contributed by atoms with Crippen LogP contribution in [0.25, 0.3) is 0 Å². The van der Waals surface area contributed by atoms with E-state index in [0.717, 1.165) is 12.1 Å². The van der Waals surface area contributed by atoms with Crippen molar-refractivity contribution < 1.29 is 14.8 Å². The first-order valence-electron chi connectivity index (χ1n) is 5.13. The summed E-state index contributed by atoms with van der Waals surface area (Å²) in [4.78, 5) is 21.9. The Balaban J connectivity index is 3.03. The number of hydrogen-bond acceptors (Lipinski definition) is 4. The summed E-state index contributed by atoms with van der Waals surface area (Å²) >= 11 is 5.71. The van der Waals surface area contributed by atoms with Gasteiger partial charge in [-0.3, -0.25) is 14.9 Å². The third-order valence-corrected chi connectivity index (χ3v) is 2.42. The lowest BCUT2D eigenvalue weighted by Crippen LogP contribution is -2.46. The van der Waals surface area contributed by atoms with Crippen molar-refractivity contribution in [1.29, 1.82) is 0 Å². The maximum atomic E-state index is 11.8. The molecule has 1 rings (SSSR count). The molecule has 0 aliphatic carbocycles. The number of amides is 1. The number of nitro benzene ring substituents is 1. The van der Waals surface area contributed by atoms with Crippen molar-refractivity contribution in [2.75, 3.05) is 6.61 Å². The fourth-order valence-electron chi connectivity index (χ4n) is 1.23. The van der Waals surface area contributed by atoms with E-state index in [1.165, 1.54) is 6.07 Å². The molecule has 18 heavy (non-hydrogen) atoms. The fourth-order valence-corrected chi connectivity index (χ4v) is 1.46. The number of non-ortho nitro benzene ring substituents is 1. The highest BCUT2D eigenvalue weighted by molar-refractivity contribution is 6.31. The predicted molar refractivity (Wildman–Crippen MR) is 66.7 cm³/mol. The summed E-state index contributed by atoms with van der Waals surface area (Å²) in [5.74, 6) is -0.528. The molecule has 0 fully saturated rings. The Labute approximate surface area is 109 Å². The number of carbonyl (C=O) groups excluding carboxylic acids is 1. The van der Waals surface area contributed by atoms with Crippen LogP contribution in [0.15, 0.2) is 18.2 Å². The maximum Gasteiger partial charge on any atom is 0.271 e. The van der Waals surface area contributed by atoms with E-state index in [4.69, 9.17) is 16.7 Å². The molecule has 1 aromatic carbocycles. The van der Waals surface area contributed by atoms with Crippen molar-refractivity contribution >= 4 is 23.2 Å². The second kappa shape index (κ2) is 5.32. The zero-order valence-corrected chi connectivity index (χ0v) is 10.7. The molecular weight excluding hydrogens is 260 g/mol. The smallest absolute Gasteiger partial charge is 0.271 e. The van der Waals surface area contributed by atoms with Gasteiger partial charge in [0.15, 0.2) is 0 Å². The van der Waals surface area contributed by atoms with E-state index < -0.39 is 16.4 Å². The molecular formula is C11H13ClN2O4. The van der Waals surface area contributed by atoms with Crippen molar-refractivity contribution in [3.8, 4) is 0 Å². The molecule has 0 saturated heterocycles. The van der Waals surface area contributed by atoms with Crippen LogP contribution in [-0.4, -0.2) is 28.1 Å². The number of halogens is 1. The van der Waals surface area contributed by atoms with Gasteiger partial charge in [0.1, 0.15) is 0 Å². The van der Waals surface area contributed by atoms with Crippen LogP contribution in [0.5, 0.6) is 0 Å². The lowest BCUT2D eigenvalue weighted by Gasteiger charge is -2.23. The van der Waals surface area contributed by atoms with Crippen LogP contribution < -0.4 is 5.32 Å². The monoisotopic (exact) mass is 272 g/mol. The van der Waals surface area contributed by atoms with Gasteiger partial charge in [0.05, 0.1) is 17.1 Å². The number of aliphatic hydroxyl groups excluding tert-OH is 1. The van der Waals surface area contributed by atoms with Gasteiger partial charge in [0.25, 0.3) is 11.6 Å². The van der Waals surface area contributed by atoms with Crippen molar-refractivity contribution in [1.82, 2.24) is 5.32 Å². The highest BCUT2D eigenvalue weighted by atomic mass is 35.5. The minimum Gasteiger partial charge on any atom is -0.394 e. The van der Waals surface area contributed by atoms with Gasteiger partial charge in [-0.1, -0.05) is 11.6 Å². The summed E-state index contributed by atoms with van der Waals surface area (Å²) in [7, 11) is 0. The molecule has 0 heterocycles. The summed E-state index contributed by atoms with van der Waals surface area (Å²) in [5.41, 5.74) is -0.987. The van der Waals surface area contributed by atoms with Crippen LogP contribution in [0.3, 0.4) is 0 Å². The average Bonchev–Trinajstić information content (AvgIpc) is 2.27. The van der Waals surface area contributed by atoms with Gasteiger partial charge in [-0.25, -0.2) is 0 Å². The fraction of sp³-hybridized carbons (Fsp3) is 0.364. The molecule has 98 valence electrons. The number of benzene rings is 1. The Morgan fingerprint density at radius 3 is 2.61 bits per heavy atom. The van der Waals surface area contributed by atoms with E-state index in [1.54, 1.807) is 13.8 Å². The number of rotatable bonds is 4. The number of aliphatic hydroxyl groups is 1. The van der Waals surface area contributed by atoms with Crippen molar-refractivity contribution in [3.63, 3.8) is 0 Å². The molecule has 1 aromatic rings. The van der Waals surface area contributed by atoms with Crippen LogP contribution in [0, 0.1) is 10.1 Å². The van der Waals surface area contributed by atoms with Gasteiger partial charge in [-0.15, -0.1) is 0 Å². The Hall–Kier alpha value is -1.66. The van der Waals surface area contributed by atoms with Crippen LogP contribution in [0.1, 0.15) is 24.2 Å². The van der Waals surface area contributed by atoms with E-state index >= 15 is 0 Å². The summed E-state index contributed by atoms with van der Waals surface area (Å²) in [6.07, 6.45) is 0. The Morgan fingerprint density at radius 2 is 2.11 bits per heavy atom. The van der Waals surface area contributed by atoms with Gasteiger partial charge < -0.3 is 10.4 Å². The predicted octanol–water partition coefficient (Wildman–Crippen LogP) is 1.75.